The quantitative estimate of drug-likeness (QED) is 0.876. The summed E-state index contributed by atoms with van der Waals surface area (Å²) in [5.74, 6) is 0.107. The normalized spacial score (nSPS) is 20.2. The van der Waals surface area contributed by atoms with E-state index in [-0.39, 0.29) is 12.0 Å². The minimum Gasteiger partial charge on any atom is -0.371 e. The number of ether oxygens (including phenoxy) is 1. The first-order chi connectivity index (χ1) is 9.29. The molecule has 1 N–H and O–H groups in total. The largest absolute Gasteiger partial charge is 0.371 e. The Bertz CT molecular complexity index is 394. The fraction of sp³-hybridized carbons (Fsp3) is 0.533. The van der Waals surface area contributed by atoms with Gasteiger partial charge in [-0.1, -0.05) is 37.3 Å². The van der Waals surface area contributed by atoms with Crippen LogP contribution in [0.2, 0.25) is 0 Å². The standard InChI is InChI=1S/C15H22N2O2/c1-2-8-16-15(18)12-17-9-10-19-14(11-17)13-6-4-3-5-7-13/h3-7,14H,2,8-12H2,1H3,(H,16,18). The van der Waals surface area contributed by atoms with Crippen molar-refractivity contribution in [3.63, 3.8) is 0 Å². The molecule has 1 aromatic rings. The molecule has 2 rings (SSSR count). The van der Waals surface area contributed by atoms with E-state index in [2.05, 4.69) is 29.3 Å². The Hall–Kier alpha value is -1.39. The summed E-state index contributed by atoms with van der Waals surface area (Å²) in [6.45, 7) is 5.56. The minimum atomic E-state index is 0.0777. The van der Waals surface area contributed by atoms with Gasteiger partial charge in [-0.15, -0.1) is 0 Å². The van der Waals surface area contributed by atoms with E-state index < -0.39 is 0 Å². The van der Waals surface area contributed by atoms with Gasteiger partial charge >= 0.3 is 0 Å². The summed E-state index contributed by atoms with van der Waals surface area (Å²) >= 11 is 0. The first-order valence-electron chi connectivity index (χ1n) is 6.95. The Balaban J connectivity index is 1.85. The molecule has 1 aliphatic heterocycles. The maximum atomic E-state index is 11.7. The van der Waals surface area contributed by atoms with Crippen molar-refractivity contribution in [1.29, 1.82) is 0 Å². The molecule has 1 heterocycles. The molecule has 1 aromatic carbocycles. The summed E-state index contributed by atoms with van der Waals surface area (Å²) in [5, 5.41) is 2.91. The summed E-state index contributed by atoms with van der Waals surface area (Å²) in [5.41, 5.74) is 1.18. The summed E-state index contributed by atoms with van der Waals surface area (Å²) in [4.78, 5) is 13.9. The van der Waals surface area contributed by atoms with Gasteiger partial charge in [0.25, 0.3) is 0 Å². The molecular formula is C15H22N2O2. The van der Waals surface area contributed by atoms with E-state index in [1.165, 1.54) is 5.56 Å². The van der Waals surface area contributed by atoms with E-state index in [0.717, 1.165) is 26.1 Å². The van der Waals surface area contributed by atoms with Gasteiger partial charge in [-0.3, -0.25) is 9.69 Å². The zero-order valence-corrected chi connectivity index (χ0v) is 11.5. The Labute approximate surface area is 114 Å². The van der Waals surface area contributed by atoms with Crippen LogP contribution < -0.4 is 5.32 Å². The number of carbonyl (C=O) groups is 1. The molecule has 0 saturated carbocycles. The molecule has 1 amide bonds. The molecule has 19 heavy (non-hydrogen) atoms. The molecule has 0 bridgehead atoms. The van der Waals surface area contributed by atoms with E-state index in [9.17, 15) is 4.79 Å². The van der Waals surface area contributed by atoms with Crippen molar-refractivity contribution in [3.8, 4) is 0 Å². The molecule has 1 atom stereocenters. The maximum Gasteiger partial charge on any atom is 0.234 e. The van der Waals surface area contributed by atoms with Gasteiger partial charge in [-0.05, 0) is 12.0 Å². The Morgan fingerprint density at radius 2 is 2.21 bits per heavy atom. The molecule has 0 aliphatic carbocycles. The van der Waals surface area contributed by atoms with Gasteiger partial charge in [0, 0.05) is 19.6 Å². The van der Waals surface area contributed by atoms with Gasteiger partial charge in [-0.25, -0.2) is 0 Å². The van der Waals surface area contributed by atoms with Crippen LogP contribution in [0.15, 0.2) is 30.3 Å². The molecule has 1 unspecified atom stereocenters. The van der Waals surface area contributed by atoms with E-state index in [1.807, 2.05) is 18.2 Å². The van der Waals surface area contributed by atoms with Gasteiger partial charge in [0.05, 0.1) is 19.3 Å². The number of hydrogen-bond donors (Lipinski definition) is 1. The zero-order valence-electron chi connectivity index (χ0n) is 11.5. The van der Waals surface area contributed by atoms with Gasteiger partial charge in [-0.2, -0.15) is 0 Å². The fourth-order valence-corrected chi connectivity index (χ4v) is 2.24. The van der Waals surface area contributed by atoms with Crippen LogP contribution in [0.3, 0.4) is 0 Å². The van der Waals surface area contributed by atoms with Crippen molar-refractivity contribution >= 4 is 5.91 Å². The number of amides is 1. The third-order valence-electron chi connectivity index (χ3n) is 3.26. The van der Waals surface area contributed by atoms with E-state index >= 15 is 0 Å². The highest BCUT2D eigenvalue weighted by molar-refractivity contribution is 5.77. The summed E-state index contributed by atoms with van der Waals surface area (Å²) in [6.07, 6.45) is 1.05. The highest BCUT2D eigenvalue weighted by Gasteiger charge is 2.22. The second kappa shape index (κ2) is 7.26. The third kappa shape index (κ3) is 4.33. The van der Waals surface area contributed by atoms with Crippen molar-refractivity contribution in [2.24, 2.45) is 0 Å². The molecule has 0 aromatic heterocycles. The second-order valence-corrected chi connectivity index (χ2v) is 4.86. The molecule has 4 heteroatoms. The average molecular weight is 262 g/mol. The summed E-state index contributed by atoms with van der Waals surface area (Å²) in [6, 6.07) is 10.2. The lowest BCUT2D eigenvalue weighted by atomic mass is 10.1. The zero-order chi connectivity index (χ0) is 13.5. The van der Waals surface area contributed by atoms with E-state index in [1.54, 1.807) is 0 Å². The summed E-state index contributed by atoms with van der Waals surface area (Å²) in [7, 11) is 0. The van der Waals surface area contributed by atoms with E-state index in [4.69, 9.17) is 4.74 Å². The first-order valence-corrected chi connectivity index (χ1v) is 6.95. The molecule has 1 aliphatic rings. The second-order valence-electron chi connectivity index (χ2n) is 4.86. The van der Waals surface area contributed by atoms with Crippen LogP contribution in [-0.2, 0) is 9.53 Å². The van der Waals surface area contributed by atoms with Crippen LogP contribution >= 0.6 is 0 Å². The minimum absolute atomic E-state index is 0.0777. The van der Waals surface area contributed by atoms with Gasteiger partial charge in [0.2, 0.25) is 5.91 Å². The van der Waals surface area contributed by atoms with Gasteiger partial charge < -0.3 is 10.1 Å². The van der Waals surface area contributed by atoms with Gasteiger partial charge in [0.15, 0.2) is 0 Å². The highest BCUT2D eigenvalue weighted by Crippen LogP contribution is 2.21. The van der Waals surface area contributed by atoms with Crippen LogP contribution in [-0.4, -0.2) is 43.6 Å². The number of rotatable bonds is 5. The monoisotopic (exact) mass is 262 g/mol. The Morgan fingerprint density at radius 3 is 2.95 bits per heavy atom. The van der Waals surface area contributed by atoms with Crippen LogP contribution in [0.25, 0.3) is 0 Å². The molecule has 0 radical (unpaired) electrons. The number of nitrogens with one attached hydrogen (secondary N) is 1. The maximum absolute atomic E-state index is 11.7. The third-order valence-corrected chi connectivity index (χ3v) is 3.26. The topological polar surface area (TPSA) is 41.6 Å². The first kappa shape index (κ1) is 14.0. The van der Waals surface area contributed by atoms with Crippen molar-refractivity contribution in [3.05, 3.63) is 35.9 Å². The Morgan fingerprint density at radius 1 is 1.42 bits per heavy atom. The van der Waals surface area contributed by atoms with Crippen LogP contribution in [0.1, 0.15) is 25.0 Å². The van der Waals surface area contributed by atoms with Crippen molar-refractivity contribution < 1.29 is 9.53 Å². The number of hydrogen-bond acceptors (Lipinski definition) is 3. The van der Waals surface area contributed by atoms with Crippen LogP contribution in [0.5, 0.6) is 0 Å². The van der Waals surface area contributed by atoms with Crippen LogP contribution in [0.4, 0.5) is 0 Å². The molecular weight excluding hydrogens is 240 g/mol. The SMILES string of the molecule is CCCNC(=O)CN1CCOC(c2ccccc2)C1. The molecule has 0 spiro atoms. The fourth-order valence-electron chi connectivity index (χ4n) is 2.24. The van der Waals surface area contributed by atoms with E-state index in [0.29, 0.717) is 13.2 Å². The number of benzene rings is 1. The highest BCUT2D eigenvalue weighted by atomic mass is 16.5. The molecule has 104 valence electrons. The summed E-state index contributed by atoms with van der Waals surface area (Å²) < 4.78 is 5.78. The lowest BCUT2D eigenvalue weighted by molar-refractivity contribution is -0.124. The number of morpholine rings is 1. The smallest absolute Gasteiger partial charge is 0.234 e. The lowest BCUT2D eigenvalue weighted by Gasteiger charge is -2.32. The van der Waals surface area contributed by atoms with Crippen LogP contribution in [0, 0.1) is 0 Å². The van der Waals surface area contributed by atoms with Gasteiger partial charge in [0.1, 0.15) is 0 Å². The van der Waals surface area contributed by atoms with Crippen molar-refractivity contribution in [2.75, 3.05) is 32.8 Å². The van der Waals surface area contributed by atoms with Crippen molar-refractivity contribution in [1.82, 2.24) is 10.2 Å². The number of carbonyl (C=O) groups excluding carboxylic acids is 1. The predicted octanol–water partition coefficient (Wildman–Crippen LogP) is 1.59. The number of nitrogens with zero attached hydrogens (tertiary/aromatic N) is 1. The molecule has 1 fully saturated rings. The predicted molar refractivity (Wildman–Crippen MR) is 74.9 cm³/mol. The lowest BCUT2D eigenvalue weighted by Crippen LogP contribution is -2.44. The molecule has 4 nitrogen and oxygen atoms in total. The van der Waals surface area contributed by atoms with Crippen molar-refractivity contribution in [2.45, 2.75) is 19.4 Å². The molecule has 1 saturated heterocycles. The average Bonchev–Trinajstić information content (AvgIpc) is 2.46. The Kier molecular flexibility index (Phi) is 5.36.